The molecular formula is C15H23N3OS. The Hall–Kier alpha value is -0.650. The summed E-state index contributed by atoms with van der Waals surface area (Å²) in [6, 6.07) is 0.767. The standard InChI is InChI=1S/C15H23N3OS/c1-10-13(5-6-16-12-3-4-12)11(2)18-15(17-10)14-9-20-8-7-19-14/h12,14,16H,3-9H2,1-2H3. The fourth-order valence-electron chi connectivity index (χ4n) is 2.60. The molecule has 1 aliphatic carbocycles. The minimum atomic E-state index is 0.0739. The summed E-state index contributed by atoms with van der Waals surface area (Å²) in [6.07, 6.45) is 3.77. The van der Waals surface area contributed by atoms with Crippen LogP contribution in [0.3, 0.4) is 0 Å². The van der Waals surface area contributed by atoms with E-state index in [4.69, 9.17) is 14.7 Å². The third-order valence-corrected chi connectivity index (χ3v) is 4.92. The van der Waals surface area contributed by atoms with E-state index < -0.39 is 0 Å². The third kappa shape index (κ3) is 3.51. The Morgan fingerprint density at radius 3 is 2.60 bits per heavy atom. The van der Waals surface area contributed by atoms with Crippen molar-refractivity contribution in [2.24, 2.45) is 0 Å². The van der Waals surface area contributed by atoms with Crippen molar-refractivity contribution in [2.45, 2.75) is 45.3 Å². The summed E-state index contributed by atoms with van der Waals surface area (Å²) in [6.45, 7) is 6.04. The van der Waals surface area contributed by atoms with Gasteiger partial charge in [-0.15, -0.1) is 0 Å². The normalized spacial score (nSPS) is 23.0. The van der Waals surface area contributed by atoms with Crippen LogP contribution in [0.1, 0.15) is 41.7 Å². The Bertz CT molecular complexity index is 447. The number of aryl methyl sites for hydroxylation is 2. The van der Waals surface area contributed by atoms with E-state index in [2.05, 4.69) is 19.2 Å². The van der Waals surface area contributed by atoms with E-state index in [0.717, 1.165) is 54.3 Å². The first-order valence-electron chi connectivity index (χ1n) is 7.51. The van der Waals surface area contributed by atoms with E-state index in [0.29, 0.717) is 0 Å². The van der Waals surface area contributed by atoms with Crippen molar-refractivity contribution in [3.8, 4) is 0 Å². The lowest BCUT2D eigenvalue weighted by Gasteiger charge is -2.22. The van der Waals surface area contributed by atoms with Gasteiger partial charge >= 0.3 is 0 Å². The minimum absolute atomic E-state index is 0.0739. The van der Waals surface area contributed by atoms with E-state index in [9.17, 15) is 0 Å². The van der Waals surface area contributed by atoms with Crippen LogP contribution in [0.2, 0.25) is 0 Å². The molecule has 1 aromatic heterocycles. The molecule has 4 nitrogen and oxygen atoms in total. The highest BCUT2D eigenvalue weighted by molar-refractivity contribution is 7.99. The fourth-order valence-corrected chi connectivity index (χ4v) is 3.44. The largest absolute Gasteiger partial charge is 0.368 e. The van der Waals surface area contributed by atoms with E-state index in [1.165, 1.54) is 18.4 Å². The first-order chi connectivity index (χ1) is 9.74. The van der Waals surface area contributed by atoms with Crippen molar-refractivity contribution in [2.75, 3.05) is 24.7 Å². The number of ether oxygens (including phenoxy) is 1. The lowest BCUT2D eigenvalue weighted by atomic mass is 10.1. The Kier molecular flexibility index (Phi) is 4.58. The highest BCUT2D eigenvalue weighted by Crippen LogP contribution is 2.25. The molecule has 0 aromatic carbocycles. The average molecular weight is 293 g/mol. The van der Waals surface area contributed by atoms with E-state index in [1.807, 2.05) is 11.8 Å². The van der Waals surface area contributed by atoms with Crippen molar-refractivity contribution < 1.29 is 4.74 Å². The SMILES string of the molecule is Cc1nc(C2CSCCO2)nc(C)c1CCNC1CC1. The minimum Gasteiger partial charge on any atom is -0.368 e. The van der Waals surface area contributed by atoms with Gasteiger partial charge in [0.15, 0.2) is 5.82 Å². The van der Waals surface area contributed by atoms with Crippen molar-refractivity contribution in [3.05, 3.63) is 22.8 Å². The van der Waals surface area contributed by atoms with Gasteiger partial charge in [0.25, 0.3) is 0 Å². The van der Waals surface area contributed by atoms with E-state index >= 15 is 0 Å². The Morgan fingerprint density at radius 1 is 1.25 bits per heavy atom. The molecule has 0 bridgehead atoms. The Morgan fingerprint density at radius 2 is 2.00 bits per heavy atom. The summed E-state index contributed by atoms with van der Waals surface area (Å²) in [5.41, 5.74) is 3.53. The van der Waals surface area contributed by atoms with Gasteiger partial charge in [-0.3, -0.25) is 0 Å². The van der Waals surface area contributed by atoms with E-state index in [-0.39, 0.29) is 6.10 Å². The molecule has 2 heterocycles. The number of hydrogen-bond donors (Lipinski definition) is 1. The van der Waals surface area contributed by atoms with Gasteiger partial charge < -0.3 is 10.1 Å². The van der Waals surface area contributed by atoms with Gasteiger partial charge in [0, 0.05) is 28.9 Å². The Labute approximate surface area is 125 Å². The van der Waals surface area contributed by atoms with Gasteiger partial charge in [-0.2, -0.15) is 11.8 Å². The number of nitrogens with zero attached hydrogens (tertiary/aromatic N) is 2. The zero-order chi connectivity index (χ0) is 13.9. The predicted molar refractivity (Wildman–Crippen MR) is 82.3 cm³/mol. The molecule has 1 saturated carbocycles. The van der Waals surface area contributed by atoms with Crippen LogP contribution in [0.15, 0.2) is 0 Å². The van der Waals surface area contributed by atoms with Crippen molar-refractivity contribution in [1.82, 2.24) is 15.3 Å². The molecule has 110 valence electrons. The first-order valence-corrected chi connectivity index (χ1v) is 8.66. The maximum absolute atomic E-state index is 5.78. The summed E-state index contributed by atoms with van der Waals surface area (Å²) < 4.78 is 5.78. The maximum atomic E-state index is 5.78. The summed E-state index contributed by atoms with van der Waals surface area (Å²) in [7, 11) is 0. The highest BCUT2D eigenvalue weighted by atomic mass is 32.2. The summed E-state index contributed by atoms with van der Waals surface area (Å²) in [5.74, 6) is 2.92. The second kappa shape index (κ2) is 6.41. The van der Waals surface area contributed by atoms with Crippen LogP contribution in [0.25, 0.3) is 0 Å². The molecule has 1 atom stereocenters. The third-order valence-electron chi connectivity index (χ3n) is 3.93. The van der Waals surface area contributed by atoms with Crippen molar-refractivity contribution in [3.63, 3.8) is 0 Å². The van der Waals surface area contributed by atoms with Crippen LogP contribution in [-0.4, -0.2) is 40.7 Å². The molecule has 20 heavy (non-hydrogen) atoms. The maximum Gasteiger partial charge on any atom is 0.158 e. The zero-order valence-corrected chi connectivity index (χ0v) is 13.1. The molecule has 1 saturated heterocycles. The van der Waals surface area contributed by atoms with Gasteiger partial charge in [0.1, 0.15) is 6.10 Å². The summed E-state index contributed by atoms with van der Waals surface area (Å²) in [4.78, 5) is 9.39. The van der Waals surface area contributed by atoms with Crippen LogP contribution in [0.5, 0.6) is 0 Å². The number of hydrogen-bond acceptors (Lipinski definition) is 5. The molecule has 5 heteroatoms. The lowest BCUT2D eigenvalue weighted by molar-refractivity contribution is 0.0691. The molecular weight excluding hydrogens is 270 g/mol. The topological polar surface area (TPSA) is 47.0 Å². The number of thioether (sulfide) groups is 1. The monoisotopic (exact) mass is 293 g/mol. The van der Waals surface area contributed by atoms with Crippen LogP contribution in [0.4, 0.5) is 0 Å². The van der Waals surface area contributed by atoms with Crippen LogP contribution < -0.4 is 5.32 Å². The second-order valence-electron chi connectivity index (χ2n) is 5.64. The second-order valence-corrected chi connectivity index (χ2v) is 6.79. The van der Waals surface area contributed by atoms with Gasteiger partial charge in [0.05, 0.1) is 6.61 Å². The number of nitrogens with one attached hydrogen (secondary N) is 1. The van der Waals surface area contributed by atoms with Gasteiger partial charge in [-0.1, -0.05) is 0 Å². The molecule has 0 spiro atoms. The molecule has 3 rings (SSSR count). The molecule has 1 unspecified atom stereocenters. The molecule has 0 amide bonds. The molecule has 1 N–H and O–H groups in total. The number of rotatable bonds is 5. The summed E-state index contributed by atoms with van der Waals surface area (Å²) >= 11 is 1.92. The van der Waals surface area contributed by atoms with Gasteiger partial charge in [-0.05, 0) is 45.2 Å². The fraction of sp³-hybridized carbons (Fsp3) is 0.733. The van der Waals surface area contributed by atoms with Crippen LogP contribution in [0, 0.1) is 13.8 Å². The van der Waals surface area contributed by atoms with Crippen molar-refractivity contribution >= 4 is 11.8 Å². The molecule has 1 aliphatic heterocycles. The smallest absolute Gasteiger partial charge is 0.158 e. The predicted octanol–water partition coefficient (Wildman–Crippen LogP) is 2.19. The molecule has 2 fully saturated rings. The summed E-state index contributed by atoms with van der Waals surface area (Å²) in [5, 5.41) is 3.55. The van der Waals surface area contributed by atoms with Crippen LogP contribution in [-0.2, 0) is 11.2 Å². The zero-order valence-electron chi connectivity index (χ0n) is 12.3. The molecule has 0 radical (unpaired) electrons. The Balaban J connectivity index is 1.67. The average Bonchev–Trinajstić information content (AvgIpc) is 3.27. The van der Waals surface area contributed by atoms with Gasteiger partial charge in [-0.25, -0.2) is 9.97 Å². The molecule has 1 aromatic rings. The highest BCUT2D eigenvalue weighted by Gasteiger charge is 2.22. The first kappa shape index (κ1) is 14.3. The van der Waals surface area contributed by atoms with Gasteiger partial charge in [0.2, 0.25) is 0 Å². The number of aromatic nitrogens is 2. The van der Waals surface area contributed by atoms with Crippen LogP contribution >= 0.6 is 11.8 Å². The quantitative estimate of drug-likeness (QED) is 0.902. The van der Waals surface area contributed by atoms with E-state index in [1.54, 1.807) is 0 Å². The molecule has 2 aliphatic rings. The van der Waals surface area contributed by atoms with Crippen molar-refractivity contribution in [1.29, 1.82) is 0 Å². The lowest BCUT2D eigenvalue weighted by Crippen LogP contribution is -2.22.